The number of furan rings is 1. The predicted octanol–water partition coefficient (Wildman–Crippen LogP) is 3.35. The minimum atomic E-state index is -0.602. The zero-order valence-corrected chi connectivity index (χ0v) is 16.0. The number of nitrogens with one attached hydrogen (secondary N) is 1. The van der Waals surface area contributed by atoms with Crippen molar-refractivity contribution in [1.82, 2.24) is 5.32 Å². The van der Waals surface area contributed by atoms with Crippen LogP contribution >= 0.6 is 0 Å². The van der Waals surface area contributed by atoms with Crippen LogP contribution in [0.1, 0.15) is 55.1 Å². The molecule has 1 aromatic heterocycles. The minimum Gasteiger partial charge on any atom is -0.460 e. The summed E-state index contributed by atoms with van der Waals surface area (Å²) in [4.78, 5) is 36.4. The largest absolute Gasteiger partial charge is 0.460 e. The quantitative estimate of drug-likeness (QED) is 0.732. The molecule has 150 valence electrons. The van der Waals surface area contributed by atoms with Gasteiger partial charge in [0.25, 0.3) is 0 Å². The molecule has 0 bridgehead atoms. The fraction of sp³-hybridized carbons (Fsp3) is 0.476. The molecule has 0 radical (unpaired) electrons. The van der Waals surface area contributed by atoms with E-state index in [0.717, 1.165) is 32.1 Å². The molecule has 2 aromatic rings. The monoisotopic (exact) mass is 387 g/mol. The highest BCUT2D eigenvalue weighted by Crippen LogP contribution is 2.27. The first-order valence-corrected chi connectivity index (χ1v) is 9.71. The lowest BCUT2D eigenvalue weighted by Gasteiger charge is -2.20. The third-order valence-corrected chi connectivity index (χ3v) is 4.92. The first-order valence-electron chi connectivity index (χ1n) is 9.71. The van der Waals surface area contributed by atoms with Gasteiger partial charge in [-0.3, -0.25) is 9.59 Å². The van der Waals surface area contributed by atoms with Crippen molar-refractivity contribution in [1.29, 1.82) is 0 Å². The van der Waals surface area contributed by atoms with E-state index < -0.39 is 11.9 Å². The van der Waals surface area contributed by atoms with Crippen molar-refractivity contribution in [2.45, 2.75) is 45.6 Å². The lowest BCUT2D eigenvalue weighted by molar-refractivity contribution is -0.145. The van der Waals surface area contributed by atoms with E-state index >= 15 is 0 Å². The Labute approximate surface area is 163 Å². The number of hydrogen-bond acceptors (Lipinski definition) is 6. The van der Waals surface area contributed by atoms with Gasteiger partial charge in [0, 0.05) is 11.3 Å². The first-order chi connectivity index (χ1) is 13.6. The van der Waals surface area contributed by atoms with Crippen LogP contribution in [0, 0.1) is 5.92 Å². The maximum absolute atomic E-state index is 12.2. The number of rotatable bonds is 7. The number of benzene rings is 1. The van der Waals surface area contributed by atoms with Crippen LogP contribution in [-0.2, 0) is 25.7 Å². The summed E-state index contributed by atoms with van der Waals surface area (Å²) < 4.78 is 15.9. The highest BCUT2D eigenvalue weighted by atomic mass is 16.5. The van der Waals surface area contributed by atoms with Gasteiger partial charge in [-0.15, -0.1) is 0 Å². The van der Waals surface area contributed by atoms with Crippen molar-refractivity contribution in [2.24, 2.45) is 5.92 Å². The summed E-state index contributed by atoms with van der Waals surface area (Å²) >= 11 is 0. The summed E-state index contributed by atoms with van der Waals surface area (Å²) in [5.74, 6) is -1.26. The average molecular weight is 387 g/mol. The second-order valence-corrected chi connectivity index (χ2v) is 6.84. The van der Waals surface area contributed by atoms with E-state index in [9.17, 15) is 14.4 Å². The van der Waals surface area contributed by atoms with E-state index in [-0.39, 0.29) is 37.3 Å². The Hall–Kier alpha value is -2.83. The molecule has 1 N–H and O–H groups in total. The van der Waals surface area contributed by atoms with E-state index in [1.54, 1.807) is 25.1 Å². The van der Waals surface area contributed by atoms with Crippen LogP contribution in [0.15, 0.2) is 28.7 Å². The molecular weight excluding hydrogens is 362 g/mol. The number of para-hydroxylation sites is 1. The van der Waals surface area contributed by atoms with Crippen LogP contribution in [0.3, 0.4) is 0 Å². The van der Waals surface area contributed by atoms with E-state index in [2.05, 4.69) is 5.32 Å². The van der Waals surface area contributed by atoms with Crippen molar-refractivity contribution in [3.63, 3.8) is 0 Å². The standard InChI is InChI=1S/C21H25NO6/c1-2-26-21(25)19-16(15-10-6-7-11-17(15)28-19)13-27-18(23)12-22-20(24)14-8-4-3-5-9-14/h6-7,10-11,14H,2-5,8-9,12-13H2,1H3,(H,22,24). The molecule has 0 spiro atoms. The summed E-state index contributed by atoms with van der Waals surface area (Å²) in [6.45, 7) is 1.58. The molecule has 0 saturated heterocycles. The smallest absolute Gasteiger partial charge is 0.374 e. The molecule has 3 rings (SSSR count). The summed E-state index contributed by atoms with van der Waals surface area (Å²) in [5, 5.41) is 3.33. The molecule has 0 unspecified atom stereocenters. The average Bonchev–Trinajstić information content (AvgIpc) is 3.10. The van der Waals surface area contributed by atoms with E-state index in [1.807, 2.05) is 6.07 Å². The third kappa shape index (κ3) is 4.71. The van der Waals surface area contributed by atoms with Gasteiger partial charge < -0.3 is 19.2 Å². The second-order valence-electron chi connectivity index (χ2n) is 6.84. The van der Waals surface area contributed by atoms with Crippen LogP contribution in [0.25, 0.3) is 11.0 Å². The Bertz CT molecular complexity index is 850. The van der Waals surface area contributed by atoms with E-state index in [0.29, 0.717) is 16.5 Å². The Morgan fingerprint density at radius 2 is 1.86 bits per heavy atom. The van der Waals surface area contributed by atoms with Crippen molar-refractivity contribution < 1.29 is 28.3 Å². The number of carbonyl (C=O) groups is 3. The molecule has 1 aliphatic carbocycles. The van der Waals surface area contributed by atoms with Crippen LogP contribution in [0.4, 0.5) is 0 Å². The van der Waals surface area contributed by atoms with Crippen molar-refractivity contribution in [3.8, 4) is 0 Å². The Morgan fingerprint density at radius 1 is 1.11 bits per heavy atom. The topological polar surface area (TPSA) is 94.8 Å². The number of ether oxygens (including phenoxy) is 2. The maximum Gasteiger partial charge on any atom is 0.374 e. The molecule has 7 nitrogen and oxygen atoms in total. The lowest BCUT2D eigenvalue weighted by atomic mass is 9.89. The number of esters is 2. The Balaban J connectivity index is 1.60. The van der Waals surface area contributed by atoms with E-state index in [1.165, 1.54) is 0 Å². The fourth-order valence-corrected chi connectivity index (χ4v) is 3.48. The Morgan fingerprint density at radius 3 is 2.61 bits per heavy atom. The molecule has 28 heavy (non-hydrogen) atoms. The highest BCUT2D eigenvalue weighted by molar-refractivity contribution is 5.96. The van der Waals surface area contributed by atoms with Gasteiger partial charge in [0.1, 0.15) is 18.7 Å². The normalized spacial score (nSPS) is 14.6. The zero-order chi connectivity index (χ0) is 19.9. The van der Waals surface area contributed by atoms with Gasteiger partial charge in [-0.25, -0.2) is 4.79 Å². The third-order valence-electron chi connectivity index (χ3n) is 4.92. The van der Waals surface area contributed by atoms with Gasteiger partial charge in [0.15, 0.2) is 0 Å². The van der Waals surface area contributed by atoms with E-state index in [4.69, 9.17) is 13.9 Å². The van der Waals surface area contributed by atoms with Gasteiger partial charge in [0.2, 0.25) is 11.7 Å². The SMILES string of the molecule is CCOC(=O)c1oc2ccccc2c1COC(=O)CNC(=O)C1CCCCC1. The molecule has 1 fully saturated rings. The predicted molar refractivity (Wildman–Crippen MR) is 102 cm³/mol. The van der Waals surface area contributed by atoms with Gasteiger partial charge in [0.05, 0.1) is 12.2 Å². The number of hydrogen-bond donors (Lipinski definition) is 1. The molecule has 1 heterocycles. The number of fused-ring (bicyclic) bond motifs is 1. The molecule has 1 amide bonds. The van der Waals surface area contributed by atoms with Gasteiger partial charge >= 0.3 is 11.9 Å². The van der Waals surface area contributed by atoms with Crippen molar-refractivity contribution >= 4 is 28.8 Å². The molecule has 1 aliphatic rings. The van der Waals surface area contributed by atoms with Crippen LogP contribution < -0.4 is 5.32 Å². The van der Waals surface area contributed by atoms with Crippen LogP contribution in [-0.4, -0.2) is 31.0 Å². The van der Waals surface area contributed by atoms with Gasteiger partial charge in [-0.1, -0.05) is 37.5 Å². The summed E-state index contributed by atoms with van der Waals surface area (Å²) in [6.07, 6.45) is 4.99. The lowest BCUT2D eigenvalue weighted by Crippen LogP contribution is -2.36. The zero-order valence-electron chi connectivity index (χ0n) is 16.0. The van der Waals surface area contributed by atoms with Gasteiger partial charge in [-0.2, -0.15) is 0 Å². The molecule has 0 aliphatic heterocycles. The fourth-order valence-electron chi connectivity index (χ4n) is 3.48. The second kappa shape index (κ2) is 9.39. The molecule has 1 saturated carbocycles. The van der Waals surface area contributed by atoms with Gasteiger partial charge in [-0.05, 0) is 25.8 Å². The van der Waals surface area contributed by atoms with Crippen molar-refractivity contribution in [2.75, 3.05) is 13.2 Å². The summed E-state index contributed by atoms with van der Waals surface area (Å²) in [7, 11) is 0. The first kappa shape index (κ1) is 19.9. The maximum atomic E-state index is 12.2. The number of carbonyl (C=O) groups excluding carboxylic acids is 3. The molecule has 1 aromatic carbocycles. The molecule has 7 heteroatoms. The highest BCUT2D eigenvalue weighted by Gasteiger charge is 2.24. The molecular formula is C21H25NO6. The summed E-state index contributed by atoms with van der Waals surface area (Å²) in [5.41, 5.74) is 0.975. The van der Waals surface area contributed by atoms with Crippen LogP contribution in [0.5, 0.6) is 0 Å². The summed E-state index contributed by atoms with van der Waals surface area (Å²) in [6, 6.07) is 7.11. The Kier molecular flexibility index (Phi) is 6.68. The van der Waals surface area contributed by atoms with Crippen LogP contribution in [0.2, 0.25) is 0 Å². The van der Waals surface area contributed by atoms with Crippen molar-refractivity contribution in [3.05, 3.63) is 35.6 Å². The minimum absolute atomic E-state index is 0.0187. The number of amides is 1. The molecule has 0 atom stereocenters.